The van der Waals surface area contributed by atoms with Crippen LogP contribution in [0, 0.1) is 0 Å². The number of hydrogen-bond donors (Lipinski definition) is 1. The first-order valence-electron chi connectivity index (χ1n) is 8.78. The van der Waals surface area contributed by atoms with Crippen LogP contribution in [0.2, 0.25) is 0 Å². The number of carbonyl (C=O) groups is 1. The third-order valence-electron chi connectivity index (χ3n) is 4.22. The van der Waals surface area contributed by atoms with Gasteiger partial charge in [-0.1, -0.05) is 36.9 Å². The molecule has 142 valence electrons. The molecule has 2 heterocycles. The molecule has 0 unspecified atom stereocenters. The predicted octanol–water partition coefficient (Wildman–Crippen LogP) is 3.67. The molecule has 0 amide bonds. The highest BCUT2D eigenvalue weighted by atomic mass is 32.2. The molecule has 1 aliphatic heterocycles. The maximum Gasteiger partial charge on any atom is 0.247 e. The van der Waals surface area contributed by atoms with Crippen LogP contribution < -0.4 is 14.8 Å². The fourth-order valence-electron chi connectivity index (χ4n) is 2.86. The van der Waals surface area contributed by atoms with Crippen LogP contribution in [-0.2, 0) is 0 Å². The number of para-hydroxylation sites is 1. The number of nitrogens with one attached hydrogen (secondary N) is 1. The number of aromatic nitrogens is 3. The van der Waals surface area contributed by atoms with Gasteiger partial charge in [-0.2, -0.15) is 4.98 Å². The molecule has 1 N–H and O–H groups in total. The molecule has 1 aliphatic rings. The number of Topliss-reactive ketones (excluding diaryl/α,β-unsaturated/α-hetero) is 1. The van der Waals surface area contributed by atoms with Crippen molar-refractivity contribution >= 4 is 23.2 Å². The van der Waals surface area contributed by atoms with E-state index in [2.05, 4.69) is 20.5 Å². The summed E-state index contributed by atoms with van der Waals surface area (Å²) in [6.07, 6.45) is -0.938. The molecule has 0 saturated carbocycles. The minimum atomic E-state index is -0.938. The minimum Gasteiger partial charge on any atom is -0.497 e. The summed E-state index contributed by atoms with van der Waals surface area (Å²) in [6.45, 7) is 2.01. The van der Waals surface area contributed by atoms with Gasteiger partial charge in [-0.3, -0.25) is 4.79 Å². The maximum atomic E-state index is 13.1. The van der Waals surface area contributed by atoms with Crippen LogP contribution >= 0.6 is 11.8 Å². The zero-order valence-electron chi connectivity index (χ0n) is 15.4. The van der Waals surface area contributed by atoms with Gasteiger partial charge in [-0.05, 0) is 36.1 Å². The molecular weight excluding hydrogens is 376 g/mol. The zero-order valence-corrected chi connectivity index (χ0v) is 16.2. The second-order valence-electron chi connectivity index (χ2n) is 5.96. The quantitative estimate of drug-likeness (QED) is 0.518. The predicted molar refractivity (Wildman–Crippen MR) is 107 cm³/mol. The van der Waals surface area contributed by atoms with Crippen LogP contribution in [0.3, 0.4) is 0 Å². The molecule has 0 bridgehead atoms. The first-order chi connectivity index (χ1) is 13.7. The van der Waals surface area contributed by atoms with Gasteiger partial charge in [0.15, 0.2) is 5.69 Å². The van der Waals surface area contributed by atoms with Gasteiger partial charge in [0.2, 0.25) is 23.0 Å². The lowest BCUT2D eigenvalue weighted by Gasteiger charge is -2.18. The fourth-order valence-corrected chi connectivity index (χ4v) is 3.37. The molecule has 28 heavy (non-hydrogen) atoms. The third kappa shape index (κ3) is 3.50. The van der Waals surface area contributed by atoms with E-state index in [1.807, 2.05) is 31.2 Å². The number of fused-ring (bicyclic) bond motifs is 3. The fraction of sp³-hybridized carbons (Fsp3) is 0.200. The summed E-state index contributed by atoms with van der Waals surface area (Å²) in [4.78, 5) is 17.6. The van der Waals surface area contributed by atoms with Crippen LogP contribution in [0.25, 0.3) is 11.3 Å². The molecule has 8 heteroatoms. The Morgan fingerprint density at radius 1 is 1.18 bits per heavy atom. The molecule has 0 radical (unpaired) electrons. The number of anilines is 1. The van der Waals surface area contributed by atoms with Crippen LogP contribution in [0.15, 0.2) is 53.7 Å². The molecule has 0 aliphatic carbocycles. The molecule has 3 aromatic rings. The van der Waals surface area contributed by atoms with Gasteiger partial charge in [-0.15, -0.1) is 10.2 Å². The molecule has 1 aromatic heterocycles. The van der Waals surface area contributed by atoms with Crippen molar-refractivity contribution in [1.82, 2.24) is 15.2 Å². The highest BCUT2D eigenvalue weighted by Gasteiger charge is 2.30. The van der Waals surface area contributed by atoms with Gasteiger partial charge in [0, 0.05) is 16.8 Å². The van der Waals surface area contributed by atoms with Gasteiger partial charge < -0.3 is 14.8 Å². The molecule has 0 fully saturated rings. The van der Waals surface area contributed by atoms with Gasteiger partial charge in [0.25, 0.3) is 0 Å². The summed E-state index contributed by atoms with van der Waals surface area (Å²) in [5.74, 6) is 1.56. The van der Waals surface area contributed by atoms with Crippen LogP contribution in [0.4, 0.5) is 5.69 Å². The van der Waals surface area contributed by atoms with E-state index in [1.54, 1.807) is 31.4 Å². The van der Waals surface area contributed by atoms with Crippen molar-refractivity contribution in [2.45, 2.75) is 18.3 Å². The Morgan fingerprint density at radius 2 is 1.96 bits per heavy atom. The third-order valence-corrected chi connectivity index (χ3v) is 4.94. The Balaban J connectivity index is 1.74. The molecule has 0 saturated heterocycles. The average molecular weight is 394 g/mol. The Hall–Kier alpha value is -3.13. The lowest BCUT2D eigenvalue weighted by Crippen LogP contribution is -2.35. The Bertz CT molecular complexity index is 1010. The van der Waals surface area contributed by atoms with E-state index in [-0.39, 0.29) is 11.7 Å². The molecule has 1 atom stereocenters. The number of methoxy groups -OCH3 is 1. The normalized spacial score (nSPS) is 14.7. The second-order valence-corrected chi connectivity index (χ2v) is 7.19. The van der Waals surface area contributed by atoms with E-state index in [0.717, 1.165) is 17.0 Å². The first kappa shape index (κ1) is 18.2. The Labute approximate surface area is 166 Å². The van der Waals surface area contributed by atoms with Crippen molar-refractivity contribution in [3.63, 3.8) is 0 Å². The highest BCUT2D eigenvalue weighted by Crippen LogP contribution is 2.36. The van der Waals surface area contributed by atoms with Gasteiger partial charge in [-0.25, -0.2) is 0 Å². The Morgan fingerprint density at radius 3 is 2.71 bits per heavy atom. The number of nitrogens with zero attached hydrogens (tertiary/aromatic N) is 3. The minimum absolute atomic E-state index is 0.214. The molecule has 4 rings (SSSR count). The standard InChI is InChI=1S/C20H18N4O3S/c1-3-28-20-22-18-16(23-24-20)14-6-4-5-7-15(14)21-19(27-18)17(25)12-8-10-13(26-2)11-9-12/h4-11,19,21H,3H2,1-2H3/t19-/m1/s1. The summed E-state index contributed by atoms with van der Waals surface area (Å²) in [5, 5.41) is 12.1. The van der Waals surface area contributed by atoms with Gasteiger partial charge in [0.05, 0.1) is 7.11 Å². The average Bonchev–Trinajstić information content (AvgIpc) is 2.90. The van der Waals surface area contributed by atoms with Crippen LogP contribution in [0.1, 0.15) is 17.3 Å². The number of ether oxygens (including phenoxy) is 2. The lowest BCUT2D eigenvalue weighted by molar-refractivity contribution is 0.0823. The topological polar surface area (TPSA) is 86.2 Å². The number of hydrogen-bond acceptors (Lipinski definition) is 8. The number of rotatable bonds is 5. The largest absolute Gasteiger partial charge is 0.497 e. The van der Waals surface area contributed by atoms with E-state index in [4.69, 9.17) is 9.47 Å². The summed E-state index contributed by atoms with van der Waals surface area (Å²) in [5.41, 5.74) is 2.54. The highest BCUT2D eigenvalue weighted by molar-refractivity contribution is 7.99. The number of benzene rings is 2. The lowest BCUT2D eigenvalue weighted by atomic mass is 10.1. The van der Waals surface area contributed by atoms with Gasteiger partial charge in [0.1, 0.15) is 5.75 Å². The molecule has 0 spiro atoms. The van der Waals surface area contributed by atoms with Crippen molar-refractivity contribution in [2.24, 2.45) is 0 Å². The van der Waals surface area contributed by atoms with Crippen molar-refractivity contribution < 1.29 is 14.3 Å². The summed E-state index contributed by atoms with van der Waals surface area (Å²) < 4.78 is 11.1. The van der Waals surface area contributed by atoms with E-state index in [1.165, 1.54) is 11.8 Å². The molecule has 2 aromatic carbocycles. The maximum absolute atomic E-state index is 13.1. The Kier molecular flexibility index (Phi) is 5.12. The van der Waals surface area contributed by atoms with Crippen molar-refractivity contribution in [2.75, 3.05) is 18.2 Å². The SMILES string of the molecule is CCSc1nnc2c(n1)O[C@H](C(=O)c1ccc(OC)cc1)Nc1ccccc1-2. The van der Waals surface area contributed by atoms with E-state index in [0.29, 0.717) is 22.2 Å². The van der Waals surface area contributed by atoms with Crippen LogP contribution in [0.5, 0.6) is 11.6 Å². The summed E-state index contributed by atoms with van der Waals surface area (Å²) in [6, 6.07) is 14.4. The molecular formula is C20H18N4O3S. The summed E-state index contributed by atoms with van der Waals surface area (Å²) in [7, 11) is 1.58. The van der Waals surface area contributed by atoms with Crippen molar-refractivity contribution in [3.8, 4) is 22.9 Å². The number of carbonyl (C=O) groups excluding carboxylic acids is 1. The number of ketones is 1. The van der Waals surface area contributed by atoms with E-state index < -0.39 is 6.23 Å². The smallest absolute Gasteiger partial charge is 0.247 e. The second kappa shape index (κ2) is 7.85. The van der Waals surface area contributed by atoms with E-state index >= 15 is 0 Å². The van der Waals surface area contributed by atoms with E-state index in [9.17, 15) is 4.79 Å². The molecule has 7 nitrogen and oxygen atoms in total. The van der Waals surface area contributed by atoms with Crippen molar-refractivity contribution in [1.29, 1.82) is 0 Å². The first-order valence-corrected chi connectivity index (χ1v) is 9.76. The van der Waals surface area contributed by atoms with Gasteiger partial charge >= 0.3 is 0 Å². The monoisotopic (exact) mass is 394 g/mol. The van der Waals surface area contributed by atoms with Crippen molar-refractivity contribution in [3.05, 3.63) is 54.1 Å². The zero-order chi connectivity index (χ0) is 19.5. The number of thioether (sulfide) groups is 1. The van der Waals surface area contributed by atoms with Crippen LogP contribution in [-0.4, -0.2) is 40.1 Å². The summed E-state index contributed by atoms with van der Waals surface area (Å²) >= 11 is 1.46.